The summed E-state index contributed by atoms with van der Waals surface area (Å²) < 4.78 is 26.8. The molecule has 2 rings (SSSR count). The van der Waals surface area contributed by atoms with E-state index in [-0.39, 0.29) is 11.5 Å². The van der Waals surface area contributed by atoms with Crippen LogP contribution in [-0.4, -0.2) is 30.4 Å². The monoisotopic (exact) mass is 261 g/mol. The molecule has 0 aromatic carbocycles. The van der Waals surface area contributed by atoms with E-state index >= 15 is 0 Å². The lowest BCUT2D eigenvalue weighted by Crippen LogP contribution is -2.58. The van der Waals surface area contributed by atoms with Crippen molar-refractivity contribution in [2.45, 2.75) is 63.9 Å². The molecule has 17 heavy (non-hydrogen) atoms. The van der Waals surface area contributed by atoms with Gasteiger partial charge in [0.2, 0.25) is 10.0 Å². The highest BCUT2D eigenvalue weighted by atomic mass is 32.2. The van der Waals surface area contributed by atoms with Crippen LogP contribution in [0.1, 0.15) is 47.0 Å². The maximum absolute atomic E-state index is 12.6. The minimum atomic E-state index is -3.49. The average Bonchev–Trinajstić information content (AvgIpc) is 2.48. The number of hydrogen-bond acceptors (Lipinski definition) is 3. The molecule has 0 aromatic heterocycles. The predicted molar refractivity (Wildman–Crippen MR) is 67.1 cm³/mol. The van der Waals surface area contributed by atoms with Crippen LogP contribution in [0.3, 0.4) is 0 Å². The Kier molecular flexibility index (Phi) is 2.88. The molecule has 0 heterocycles. The molecule has 2 bridgehead atoms. The van der Waals surface area contributed by atoms with Gasteiger partial charge in [-0.25, -0.2) is 13.1 Å². The van der Waals surface area contributed by atoms with Gasteiger partial charge in [-0.15, -0.1) is 0 Å². The second kappa shape index (κ2) is 3.68. The van der Waals surface area contributed by atoms with Gasteiger partial charge in [-0.2, -0.15) is 0 Å². The highest BCUT2D eigenvalue weighted by Gasteiger charge is 2.70. The summed E-state index contributed by atoms with van der Waals surface area (Å²) in [4.78, 5) is 0. The van der Waals surface area contributed by atoms with Gasteiger partial charge in [0.15, 0.2) is 0 Å². The van der Waals surface area contributed by atoms with E-state index in [1.54, 1.807) is 0 Å². The fraction of sp³-hybridized carbons (Fsp3) is 1.00. The summed E-state index contributed by atoms with van der Waals surface area (Å²) in [5, 5.41) is 10.2. The van der Waals surface area contributed by atoms with Gasteiger partial charge in [0.05, 0.1) is 6.10 Å². The third-order valence-electron chi connectivity index (χ3n) is 4.89. The molecule has 0 radical (unpaired) electrons. The zero-order valence-electron chi connectivity index (χ0n) is 11.0. The lowest BCUT2D eigenvalue weighted by atomic mass is 9.81. The molecule has 0 aliphatic heterocycles. The maximum Gasteiger partial charge on any atom is 0.220 e. The molecule has 100 valence electrons. The summed E-state index contributed by atoms with van der Waals surface area (Å²) in [5.41, 5.74) is -0.340. The lowest BCUT2D eigenvalue weighted by molar-refractivity contribution is 0.110. The van der Waals surface area contributed by atoms with Crippen molar-refractivity contribution >= 4 is 10.0 Å². The van der Waals surface area contributed by atoms with Crippen LogP contribution in [0.2, 0.25) is 0 Å². The Morgan fingerprint density at radius 2 is 1.94 bits per heavy atom. The SMILES string of the molecule is CC(C)NS(=O)(=O)[C@@]12CCC(C[C@@H]1O)C2(C)C. The Hall–Kier alpha value is -0.130. The van der Waals surface area contributed by atoms with Crippen molar-refractivity contribution in [1.29, 1.82) is 0 Å². The maximum atomic E-state index is 12.6. The average molecular weight is 261 g/mol. The van der Waals surface area contributed by atoms with Crippen LogP contribution in [-0.2, 0) is 10.0 Å². The van der Waals surface area contributed by atoms with Crippen LogP contribution in [0.15, 0.2) is 0 Å². The van der Waals surface area contributed by atoms with E-state index in [9.17, 15) is 13.5 Å². The lowest BCUT2D eigenvalue weighted by Gasteiger charge is -2.39. The number of fused-ring (bicyclic) bond motifs is 2. The normalized spacial score (nSPS) is 40.1. The molecule has 2 fully saturated rings. The van der Waals surface area contributed by atoms with Crippen LogP contribution in [0.25, 0.3) is 0 Å². The first kappa shape index (κ1) is 13.3. The molecule has 0 amide bonds. The summed E-state index contributed by atoms with van der Waals surface area (Å²) in [7, 11) is -3.49. The zero-order chi connectivity index (χ0) is 13.1. The molecule has 0 saturated heterocycles. The Morgan fingerprint density at radius 3 is 2.29 bits per heavy atom. The largest absolute Gasteiger partial charge is 0.391 e. The van der Waals surface area contributed by atoms with Gasteiger partial charge in [-0.1, -0.05) is 13.8 Å². The smallest absolute Gasteiger partial charge is 0.220 e. The number of aliphatic hydroxyl groups excluding tert-OH is 1. The van der Waals surface area contributed by atoms with E-state index in [4.69, 9.17) is 0 Å². The molecule has 2 aliphatic rings. The molecule has 0 aromatic rings. The van der Waals surface area contributed by atoms with Crippen LogP contribution < -0.4 is 4.72 Å². The number of hydrogen-bond donors (Lipinski definition) is 2. The second-order valence-electron chi connectivity index (χ2n) is 6.37. The molecular weight excluding hydrogens is 238 g/mol. The van der Waals surface area contributed by atoms with E-state index in [1.165, 1.54) is 0 Å². The molecule has 3 atom stereocenters. The van der Waals surface area contributed by atoms with Crippen molar-refractivity contribution in [1.82, 2.24) is 4.72 Å². The van der Waals surface area contributed by atoms with Gasteiger partial charge in [0.25, 0.3) is 0 Å². The van der Waals surface area contributed by atoms with Crippen LogP contribution in [0.5, 0.6) is 0 Å². The second-order valence-corrected chi connectivity index (χ2v) is 8.35. The molecule has 2 aliphatic carbocycles. The predicted octanol–water partition coefficient (Wildman–Crippen LogP) is 1.25. The van der Waals surface area contributed by atoms with Gasteiger partial charge in [-0.3, -0.25) is 0 Å². The standard InChI is InChI=1S/C12H23NO3S/c1-8(2)13-17(15,16)12-6-5-9(7-10(12)14)11(12,3)4/h8-10,13-14H,5-7H2,1-4H3/t9?,10-,12-/m0/s1. The van der Waals surface area contributed by atoms with Crippen LogP contribution in [0, 0.1) is 11.3 Å². The quantitative estimate of drug-likeness (QED) is 0.803. The first-order valence-electron chi connectivity index (χ1n) is 6.35. The van der Waals surface area contributed by atoms with E-state index in [0.29, 0.717) is 18.8 Å². The fourth-order valence-electron chi connectivity index (χ4n) is 3.96. The molecule has 4 nitrogen and oxygen atoms in total. The van der Waals surface area contributed by atoms with Crippen molar-refractivity contribution < 1.29 is 13.5 Å². The van der Waals surface area contributed by atoms with Gasteiger partial charge < -0.3 is 5.11 Å². The van der Waals surface area contributed by atoms with E-state index in [0.717, 1.165) is 6.42 Å². The van der Waals surface area contributed by atoms with Crippen molar-refractivity contribution in [3.8, 4) is 0 Å². The summed E-state index contributed by atoms with van der Waals surface area (Å²) in [6.45, 7) is 7.60. The van der Waals surface area contributed by atoms with Crippen LogP contribution >= 0.6 is 0 Å². The zero-order valence-corrected chi connectivity index (χ0v) is 11.8. The molecule has 2 N–H and O–H groups in total. The summed E-state index contributed by atoms with van der Waals surface area (Å²) >= 11 is 0. The first-order valence-corrected chi connectivity index (χ1v) is 7.83. The number of rotatable bonds is 3. The summed E-state index contributed by atoms with van der Waals surface area (Å²) in [6.07, 6.45) is 1.37. The number of aliphatic hydroxyl groups is 1. The van der Waals surface area contributed by atoms with E-state index in [2.05, 4.69) is 4.72 Å². The van der Waals surface area contributed by atoms with E-state index in [1.807, 2.05) is 27.7 Å². The van der Waals surface area contributed by atoms with Crippen LogP contribution in [0.4, 0.5) is 0 Å². The molecular formula is C12H23NO3S. The minimum Gasteiger partial charge on any atom is -0.391 e. The molecule has 1 unspecified atom stereocenters. The molecule has 0 spiro atoms. The topological polar surface area (TPSA) is 66.4 Å². The van der Waals surface area contributed by atoms with Crippen molar-refractivity contribution in [3.05, 3.63) is 0 Å². The van der Waals surface area contributed by atoms with Gasteiger partial charge in [0.1, 0.15) is 4.75 Å². The summed E-state index contributed by atoms with van der Waals surface area (Å²) in [5.74, 6) is 0.321. The number of sulfonamides is 1. The van der Waals surface area contributed by atoms with Gasteiger partial charge in [-0.05, 0) is 44.4 Å². The Balaban J connectivity index is 2.48. The van der Waals surface area contributed by atoms with E-state index < -0.39 is 20.9 Å². The third-order valence-corrected chi connectivity index (χ3v) is 7.64. The fourth-order valence-corrected chi connectivity index (χ4v) is 6.49. The van der Waals surface area contributed by atoms with Crippen molar-refractivity contribution in [2.75, 3.05) is 0 Å². The molecule has 5 heteroatoms. The highest BCUT2D eigenvalue weighted by Crippen LogP contribution is 2.63. The highest BCUT2D eigenvalue weighted by molar-refractivity contribution is 7.91. The van der Waals surface area contributed by atoms with Gasteiger partial charge in [0, 0.05) is 6.04 Å². The Bertz CT molecular complexity index is 415. The van der Waals surface area contributed by atoms with Crippen molar-refractivity contribution in [3.63, 3.8) is 0 Å². The van der Waals surface area contributed by atoms with Gasteiger partial charge >= 0.3 is 0 Å². The first-order chi connectivity index (χ1) is 7.65. The minimum absolute atomic E-state index is 0.128. The third kappa shape index (κ3) is 1.52. The Labute approximate surface area is 104 Å². The Morgan fingerprint density at radius 1 is 1.35 bits per heavy atom. The number of nitrogens with one attached hydrogen (secondary N) is 1. The van der Waals surface area contributed by atoms with Crippen molar-refractivity contribution in [2.24, 2.45) is 11.3 Å². The molecule has 2 saturated carbocycles. The summed E-state index contributed by atoms with van der Waals surface area (Å²) in [6, 6.07) is -0.128.